The third-order valence-electron chi connectivity index (χ3n) is 6.72. The predicted octanol–water partition coefficient (Wildman–Crippen LogP) is 7.35. The molecule has 0 saturated carbocycles. The molecule has 3 aromatic rings. The smallest absolute Gasteiger partial charge is 0.338 e. The van der Waals surface area contributed by atoms with Gasteiger partial charge in [0.2, 0.25) is 0 Å². The van der Waals surface area contributed by atoms with Gasteiger partial charge in [-0.2, -0.15) is 0 Å². The van der Waals surface area contributed by atoms with Gasteiger partial charge in [0.05, 0.1) is 11.1 Å². The molecule has 0 saturated heterocycles. The van der Waals surface area contributed by atoms with Crippen molar-refractivity contribution in [2.24, 2.45) is 0 Å². The lowest BCUT2D eigenvalue weighted by molar-refractivity contribution is -0.0574. The Kier molecular flexibility index (Phi) is 8.85. The molecule has 0 spiro atoms. The fourth-order valence-electron chi connectivity index (χ4n) is 4.74. The summed E-state index contributed by atoms with van der Waals surface area (Å²) in [6.45, 7) is 1.62. The third kappa shape index (κ3) is 6.15. The van der Waals surface area contributed by atoms with Crippen molar-refractivity contribution in [3.8, 4) is 12.3 Å². The monoisotopic (exact) mass is 548 g/mol. The van der Waals surface area contributed by atoms with Gasteiger partial charge in [0, 0.05) is 17.9 Å². The largest absolute Gasteiger partial charge is 0.454 e. The molecule has 0 heterocycles. The number of hydrogen-bond acceptors (Lipinski definition) is 4. The van der Waals surface area contributed by atoms with E-state index in [0.29, 0.717) is 6.08 Å². The second-order valence-corrected chi connectivity index (χ2v) is 9.21. The van der Waals surface area contributed by atoms with E-state index in [0.717, 1.165) is 18.2 Å². The van der Waals surface area contributed by atoms with Gasteiger partial charge in [-0.3, -0.25) is 0 Å². The number of fused-ring (bicyclic) bond motifs is 1. The zero-order chi connectivity index (χ0) is 28.8. The second-order valence-electron chi connectivity index (χ2n) is 9.21. The minimum absolute atomic E-state index is 0.183. The van der Waals surface area contributed by atoms with Crippen LogP contribution in [0.4, 0.5) is 17.6 Å². The van der Waals surface area contributed by atoms with Gasteiger partial charge in [-0.05, 0) is 60.0 Å². The number of hydrogen-bond donors (Lipinski definition) is 0. The lowest BCUT2D eigenvalue weighted by Crippen LogP contribution is -2.46. The van der Waals surface area contributed by atoms with E-state index >= 15 is 0 Å². The molecule has 4 atom stereocenters. The van der Waals surface area contributed by atoms with Crippen molar-refractivity contribution in [3.63, 3.8) is 0 Å². The van der Waals surface area contributed by atoms with E-state index in [2.05, 4.69) is 0 Å². The molecule has 0 aliphatic heterocycles. The van der Waals surface area contributed by atoms with Gasteiger partial charge in [0.1, 0.15) is 12.2 Å². The number of terminal acetylenes is 1. The highest BCUT2D eigenvalue weighted by Gasteiger charge is 2.46. The number of halogens is 4. The van der Waals surface area contributed by atoms with Crippen LogP contribution in [0.1, 0.15) is 57.0 Å². The summed E-state index contributed by atoms with van der Waals surface area (Å²) in [5.41, 5.74) is 0.871. The van der Waals surface area contributed by atoms with Gasteiger partial charge >= 0.3 is 11.9 Å². The molecule has 0 aromatic heterocycles. The van der Waals surface area contributed by atoms with Crippen LogP contribution in [0.5, 0.6) is 0 Å². The van der Waals surface area contributed by atoms with E-state index in [-0.39, 0.29) is 28.7 Å². The van der Waals surface area contributed by atoms with E-state index < -0.39 is 59.3 Å². The van der Waals surface area contributed by atoms with Crippen molar-refractivity contribution < 1.29 is 36.6 Å². The van der Waals surface area contributed by atoms with Crippen LogP contribution < -0.4 is 0 Å². The van der Waals surface area contributed by atoms with Gasteiger partial charge < -0.3 is 9.47 Å². The average molecular weight is 549 g/mol. The van der Waals surface area contributed by atoms with Crippen molar-refractivity contribution in [1.29, 1.82) is 0 Å². The molecule has 0 N–H and O–H groups in total. The number of benzene rings is 3. The average Bonchev–Trinajstić information content (AvgIpc) is 2.96. The normalized spacial score (nSPS) is 20.7. The standard InChI is InChI=1S/C32H24F4O4/c1-3-10-25(33)26(34)16-15-22-24-18-28(36)27(35)17-23(24)19(2)29(39-31(37)20-11-6-4-7-12-20)30(22)40-32(38)21-13-8-5-9-14-21/h1,4-14,16-19,22,29-30H,15H2,2H3/b25-10+,26-16+/t19-,22-,29?,30?/m0/s1. The van der Waals surface area contributed by atoms with Crippen molar-refractivity contribution >= 4 is 11.9 Å². The Hall–Kier alpha value is -4.64. The molecule has 0 amide bonds. The zero-order valence-electron chi connectivity index (χ0n) is 21.3. The van der Waals surface area contributed by atoms with Crippen LogP contribution in [0.3, 0.4) is 0 Å². The molecule has 1 aliphatic rings. The molecule has 0 fully saturated rings. The second kappa shape index (κ2) is 12.5. The molecule has 3 aromatic carbocycles. The van der Waals surface area contributed by atoms with Gasteiger partial charge in [0.15, 0.2) is 23.3 Å². The maximum absolute atomic E-state index is 14.5. The molecule has 2 unspecified atom stereocenters. The molecular weight excluding hydrogens is 524 g/mol. The minimum Gasteiger partial charge on any atom is -0.454 e. The van der Waals surface area contributed by atoms with E-state index in [1.54, 1.807) is 43.3 Å². The maximum atomic E-state index is 14.5. The van der Waals surface area contributed by atoms with Gasteiger partial charge in [0.25, 0.3) is 0 Å². The highest BCUT2D eigenvalue weighted by Crippen LogP contribution is 2.45. The van der Waals surface area contributed by atoms with Crippen molar-refractivity contribution in [2.45, 2.75) is 37.4 Å². The van der Waals surface area contributed by atoms with E-state index in [1.165, 1.54) is 24.3 Å². The summed E-state index contributed by atoms with van der Waals surface area (Å²) < 4.78 is 69.0. The number of carbonyl (C=O) groups is 2. The Morgan fingerprint density at radius 3 is 1.85 bits per heavy atom. The number of ether oxygens (including phenoxy) is 2. The summed E-state index contributed by atoms with van der Waals surface area (Å²) in [5, 5.41) is 0. The fourth-order valence-corrected chi connectivity index (χ4v) is 4.74. The summed E-state index contributed by atoms with van der Waals surface area (Å²) in [4.78, 5) is 26.2. The van der Waals surface area contributed by atoms with Crippen LogP contribution in [-0.2, 0) is 9.47 Å². The summed E-state index contributed by atoms with van der Waals surface area (Å²) >= 11 is 0. The van der Waals surface area contributed by atoms with E-state index in [9.17, 15) is 27.2 Å². The first-order chi connectivity index (χ1) is 19.2. The van der Waals surface area contributed by atoms with Crippen LogP contribution in [0.2, 0.25) is 0 Å². The predicted molar refractivity (Wildman–Crippen MR) is 141 cm³/mol. The number of allylic oxidation sites excluding steroid dienone is 4. The Morgan fingerprint density at radius 2 is 1.32 bits per heavy atom. The molecule has 0 radical (unpaired) electrons. The van der Waals surface area contributed by atoms with Crippen LogP contribution in [0, 0.1) is 24.0 Å². The molecule has 4 rings (SSSR count). The molecule has 4 nitrogen and oxygen atoms in total. The molecule has 40 heavy (non-hydrogen) atoms. The van der Waals surface area contributed by atoms with E-state index in [1.807, 2.05) is 5.92 Å². The first-order valence-electron chi connectivity index (χ1n) is 12.4. The maximum Gasteiger partial charge on any atom is 0.338 e. The van der Waals surface area contributed by atoms with Crippen LogP contribution >= 0.6 is 0 Å². The van der Waals surface area contributed by atoms with Gasteiger partial charge in [-0.25, -0.2) is 27.2 Å². The minimum atomic E-state index is -1.30. The molecular formula is C32H24F4O4. The Labute approximate surface area is 228 Å². The van der Waals surface area contributed by atoms with Crippen molar-refractivity contribution in [2.75, 3.05) is 0 Å². The number of rotatable bonds is 7. The highest BCUT2D eigenvalue weighted by atomic mass is 19.2. The fraction of sp³-hybridized carbons (Fsp3) is 0.188. The highest BCUT2D eigenvalue weighted by molar-refractivity contribution is 5.90. The summed E-state index contributed by atoms with van der Waals surface area (Å²) in [6.07, 6.45) is 3.68. The summed E-state index contributed by atoms with van der Waals surface area (Å²) in [5.74, 6) is -6.36. The Bertz CT molecular complexity index is 1490. The molecule has 204 valence electrons. The quantitative estimate of drug-likeness (QED) is 0.134. The van der Waals surface area contributed by atoms with Crippen LogP contribution in [0.15, 0.2) is 96.6 Å². The van der Waals surface area contributed by atoms with Crippen LogP contribution in [-0.4, -0.2) is 24.1 Å². The lowest BCUT2D eigenvalue weighted by atomic mass is 9.72. The Balaban J connectivity index is 1.82. The van der Waals surface area contributed by atoms with Crippen molar-refractivity contribution in [1.82, 2.24) is 0 Å². The van der Waals surface area contributed by atoms with E-state index in [4.69, 9.17) is 15.9 Å². The summed E-state index contributed by atoms with van der Waals surface area (Å²) in [6, 6.07) is 17.9. The molecule has 1 aliphatic carbocycles. The lowest BCUT2D eigenvalue weighted by Gasteiger charge is -2.42. The van der Waals surface area contributed by atoms with Gasteiger partial charge in [-0.1, -0.05) is 49.2 Å². The molecule has 8 heteroatoms. The Morgan fingerprint density at radius 1 is 0.825 bits per heavy atom. The first kappa shape index (κ1) is 28.4. The topological polar surface area (TPSA) is 52.6 Å². The van der Waals surface area contributed by atoms with Crippen molar-refractivity contribution in [3.05, 3.63) is 130 Å². The SMILES string of the molecule is C#C/C=C(F)\C(F)=C/C[C@H]1c2cc(F)c(F)cc2[C@H](C)C(OC(=O)c2ccccc2)C1OC(=O)c1ccccc1. The summed E-state index contributed by atoms with van der Waals surface area (Å²) in [7, 11) is 0. The third-order valence-corrected chi connectivity index (χ3v) is 6.72. The molecule has 0 bridgehead atoms. The number of carbonyl (C=O) groups excluding carboxylic acids is 2. The number of esters is 2. The first-order valence-corrected chi connectivity index (χ1v) is 12.4. The van der Waals surface area contributed by atoms with Crippen LogP contribution in [0.25, 0.3) is 0 Å². The zero-order valence-corrected chi connectivity index (χ0v) is 21.3. The van der Waals surface area contributed by atoms with Gasteiger partial charge in [-0.15, -0.1) is 6.42 Å².